The Labute approximate surface area is 81.9 Å². The number of carbonyl (C=O) groups excluding carboxylic acids is 1. The van der Waals surface area contributed by atoms with Crippen LogP contribution in [0.2, 0.25) is 0 Å². The van der Waals surface area contributed by atoms with E-state index in [-0.39, 0.29) is 5.41 Å². The van der Waals surface area contributed by atoms with Gasteiger partial charge in [0.15, 0.2) is 0 Å². The predicted octanol–water partition coefficient (Wildman–Crippen LogP) is 3.57. The van der Waals surface area contributed by atoms with E-state index in [4.69, 9.17) is 0 Å². The summed E-state index contributed by atoms with van der Waals surface area (Å²) in [6, 6.07) is 0. The molecule has 0 radical (unpaired) electrons. The van der Waals surface area contributed by atoms with Crippen LogP contribution in [0.1, 0.15) is 58.8 Å². The van der Waals surface area contributed by atoms with Gasteiger partial charge in [0.2, 0.25) is 0 Å². The van der Waals surface area contributed by atoms with E-state index in [9.17, 15) is 4.79 Å². The van der Waals surface area contributed by atoms with Gasteiger partial charge in [-0.15, -0.1) is 0 Å². The van der Waals surface area contributed by atoms with Gasteiger partial charge in [0.25, 0.3) is 0 Å². The van der Waals surface area contributed by atoms with E-state index in [1.54, 1.807) is 0 Å². The molecule has 0 aromatic rings. The second-order valence-electron chi connectivity index (χ2n) is 4.58. The summed E-state index contributed by atoms with van der Waals surface area (Å²) in [6.45, 7) is 4.44. The number of hydrogen-bond donors (Lipinski definition) is 0. The molecule has 0 unspecified atom stereocenters. The highest BCUT2D eigenvalue weighted by Gasteiger charge is 2.33. The van der Waals surface area contributed by atoms with Crippen LogP contribution < -0.4 is 0 Å². The van der Waals surface area contributed by atoms with E-state index >= 15 is 0 Å². The van der Waals surface area contributed by atoms with Gasteiger partial charge in [-0.1, -0.05) is 26.7 Å². The fourth-order valence-corrected chi connectivity index (χ4v) is 2.59. The molecule has 0 atom stereocenters. The van der Waals surface area contributed by atoms with E-state index in [1.165, 1.54) is 25.5 Å². The number of carbonyl (C=O) groups is 1. The third-order valence-electron chi connectivity index (χ3n) is 3.68. The van der Waals surface area contributed by atoms with Gasteiger partial charge in [-0.25, -0.2) is 0 Å². The molecule has 0 saturated heterocycles. The van der Waals surface area contributed by atoms with Crippen LogP contribution in [0.5, 0.6) is 0 Å². The number of hydrogen-bond acceptors (Lipinski definition) is 1. The summed E-state index contributed by atoms with van der Waals surface area (Å²) in [5.41, 5.74) is 0.0699. The van der Waals surface area contributed by atoms with Crippen LogP contribution in [-0.2, 0) is 4.79 Å². The molecule has 1 rings (SSSR count). The van der Waals surface area contributed by atoms with Crippen LogP contribution in [0.15, 0.2) is 0 Å². The zero-order valence-electron chi connectivity index (χ0n) is 9.01. The van der Waals surface area contributed by atoms with Crippen molar-refractivity contribution in [3.63, 3.8) is 0 Å². The van der Waals surface area contributed by atoms with Crippen molar-refractivity contribution in [3.8, 4) is 0 Å². The Morgan fingerprint density at radius 1 is 1.31 bits per heavy atom. The highest BCUT2D eigenvalue weighted by atomic mass is 16.1. The first-order chi connectivity index (χ1) is 6.26. The zero-order chi connectivity index (χ0) is 9.73. The molecular formula is C12H22O. The number of rotatable bonds is 4. The minimum absolute atomic E-state index is 0.0699. The van der Waals surface area contributed by atoms with Crippen LogP contribution in [-0.4, -0.2) is 6.29 Å². The van der Waals surface area contributed by atoms with E-state index in [0.29, 0.717) is 0 Å². The second kappa shape index (κ2) is 4.78. The first-order valence-electron chi connectivity index (χ1n) is 5.72. The largest absolute Gasteiger partial charge is 0.303 e. The fraction of sp³-hybridized carbons (Fsp3) is 0.917. The molecule has 0 aromatic carbocycles. The molecule has 0 aromatic heterocycles. The van der Waals surface area contributed by atoms with Crippen molar-refractivity contribution in [2.24, 2.45) is 11.3 Å². The minimum Gasteiger partial charge on any atom is -0.303 e. The van der Waals surface area contributed by atoms with Crippen LogP contribution in [0, 0.1) is 11.3 Å². The van der Waals surface area contributed by atoms with Crippen molar-refractivity contribution in [3.05, 3.63) is 0 Å². The van der Waals surface area contributed by atoms with Crippen molar-refractivity contribution in [2.45, 2.75) is 58.8 Å². The molecule has 1 saturated carbocycles. The molecule has 1 nitrogen and oxygen atoms in total. The van der Waals surface area contributed by atoms with Crippen LogP contribution in [0.3, 0.4) is 0 Å². The average Bonchev–Trinajstić information content (AvgIpc) is 2.19. The maximum atomic E-state index is 11.1. The monoisotopic (exact) mass is 182 g/mol. The molecule has 1 aliphatic carbocycles. The Bertz CT molecular complexity index is 155. The third kappa shape index (κ3) is 2.55. The molecule has 1 aliphatic rings. The molecule has 0 spiro atoms. The molecule has 0 aliphatic heterocycles. The summed E-state index contributed by atoms with van der Waals surface area (Å²) in [5, 5.41) is 0. The lowest BCUT2D eigenvalue weighted by atomic mass is 9.68. The van der Waals surface area contributed by atoms with E-state index in [2.05, 4.69) is 13.8 Å². The summed E-state index contributed by atoms with van der Waals surface area (Å²) in [7, 11) is 0. The van der Waals surface area contributed by atoms with Gasteiger partial charge in [0, 0.05) is 5.41 Å². The standard InChI is InChI=1S/C12H22O/c1-3-7-12(10-13)8-5-11(4-2)6-9-12/h10-11H,3-9H2,1-2H3. The molecular weight excluding hydrogens is 160 g/mol. The maximum absolute atomic E-state index is 11.1. The summed E-state index contributed by atoms with van der Waals surface area (Å²) in [6.07, 6.45) is 9.61. The maximum Gasteiger partial charge on any atom is 0.126 e. The Morgan fingerprint density at radius 2 is 1.92 bits per heavy atom. The van der Waals surface area contributed by atoms with E-state index in [0.717, 1.165) is 31.6 Å². The topological polar surface area (TPSA) is 17.1 Å². The summed E-state index contributed by atoms with van der Waals surface area (Å²) in [4.78, 5) is 11.1. The third-order valence-corrected chi connectivity index (χ3v) is 3.68. The molecule has 1 heteroatoms. The Morgan fingerprint density at radius 3 is 2.31 bits per heavy atom. The van der Waals surface area contributed by atoms with Gasteiger partial charge >= 0.3 is 0 Å². The molecule has 76 valence electrons. The first kappa shape index (κ1) is 10.7. The molecule has 0 bridgehead atoms. The quantitative estimate of drug-likeness (QED) is 0.607. The van der Waals surface area contributed by atoms with Crippen LogP contribution in [0.4, 0.5) is 0 Å². The highest BCUT2D eigenvalue weighted by molar-refractivity contribution is 5.59. The van der Waals surface area contributed by atoms with Gasteiger partial charge in [-0.3, -0.25) is 0 Å². The smallest absolute Gasteiger partial charge is 0.126 e. The van der Waals surface area contributed by atoms with Gasteiger partial charge in [-0.2, -0.15) is 0 Å². The lowest BCUT2D eigenvalue weighted by Crippen LogP contribution is -2.28. The van der Waals surface area contributed by atoms with Crippen molar-refractivity contribution in [2.75, 3.05) is 0 Å². The highest BCUT2D eigenvalue weighted by Crippen LogP contribution is 2.41. The van der Waals surface area contributed by atoms with Gasteiger partial charge in [-0.05, 0) is 38.0 Å². The van der Waals surface area contributed by atoms with Gasteiger partial charge in [0.1, 0.15) is 6.29 Å². The molecule has 13 heavy (non-hydrogen) atoms. The molecule has 0 N–H and O–H groups in total. The van der Waals surface area contributed by atoms with Crippen LogP contribution >= 0.6 is 0 Å². The van der Waals surface area contributed by atoms with E-state index < -0.39 is 0 Å². The summed E-state index contributed by atoms with van der Waals surface area (Å²) in [5.74, 6) is 0.893. The van der Waals surface area contributed by atoms with Crippen LogP contribution in [0.25, 0.3) is 0 Å². The Kier molecular flexibility index (Phi) is 3.95. The first-order valence-corrected chi connectivity index (χ1v) is 5.72. The number of aldehydes is 1. The fourth-order valence-electron chi connectivity index (χ4n) is 2.59. The molecule has 0 amide bonds. The molecule has 0 heterocycles. The van der Waals surface area contributed by atoms with Gasteiger partial charge in [0.05, 0.1) is 0 Å². The van der Waals surface area contributed by atoms with Gasteiger partial charge < -0.3 is 4.79 Å². The summed E-state index contributed by atoms with van der Waals surface area (Å²) >= 11 is 0. The van der Waals surface area contributed by atoms with Crippen molar-refractivity contribution in [1.82, 2.24) is 0 Å². The zero-order valence-corrected chi connectivity index (χ0v) is 9.01. The predicted molar refractivity (Wildman–Crippen MR) is 55.7 cm³/mol. The normalized spacial score (nSPS) is 34.5. The molecule has 1 fully saturated rings. The minimum atomic E-state index is 0.0699. The van der Waals surface area contributed by atoms with Crippen molar-refractivity contribution < 1.29 is 4.79 Å². The van der Waals surface area contributed by atoms with E-state index in [1.807, 2.05) is 0 Å². The lowest BCUT2D eigenvalue weighted by molar-refractivity contribution is -0.118. The van der Waals surface area contributed by atoms with Crippen molar-refractivity contribution >= 4 is 6.29 Å². The van der Waals surface area contributed by atoms with Crippen molar-refractivity contribution in [1.29, 1.82) is 0 Å². The lowest BCUT2D eigenvalue weighted by Gasteiger charge is -2.35. The average molecular weight is 182 g/mol. The Balaban J connectivity index is 2.47. The SMILES string of the molecule is CCCC1(C=O)CCC(CC)CC1. The Hall–Kier alpha value is -0.330. The summed E-state index contributed by atoms with van der Waals surface area (Å²) < 4.78 is 0. The second-order valence-corrected chi connectivity index (χ2v) is 4.58.